The first-order valence-corrected chi connectivity index (χ1v) is 12.1. The summed E-state index contributed by atoms with van der Waals surface area (Å²) >= 11 is 3.58. The molecule has 6 rings (SSSR count). The Morgan fingerprint density at radius 3 is 2.00 bits per heavy atom. The van der Waals surface area contributed by atoms with Gasteiger partial charge in [0.05, 0.1) is 17.4 Å². The number of hydrogen-bond donors (Lipinski definition) is 0. The molecule has 2 nitrogen and oxygen atoms in total. The normalized spacial score (nSPS) is 15.9. The molecule has 0 fully saturated rings. The van der Waals surface area contributed by atoms with E-state index >= 15 is 0 Å². The van der Waals surface area contributed by atoms with Crippen LogP contribution in [-0.4, -0.2) is 5.71 Å². The average Bonchev–Trinajstić information content (AvgIpc) is 3.28. The molecule has 3 heteroatoms. The molecule has 1 aliphatic heterocycles. The van der Waals surface area contributed by atoms with E-state index in [1.54, 1.807) is 0 Å². The monoisotopic (exact) mass is 490 g/mol. The van der Waals surface area contributed by atoms with Gasteiger partial charge in [0, 0.05) is 10.9 Å². The maximum absolute atomic E-state index is 5.19. The van der Waals surface area contributed by atoms with E-state index in [-0.39, 0.29) is 6.04 Å². The summed E-state index contributed by atoms with van der Waals surface area (Å²) in [5.74, 6) is 0. The van der Waals surface area contributed by atoms with Crippen molar-refractivity contribution in [1.82, 2.24) is 0 Å². The highest BCUT2D eigenvalue weighted by molar-refractivity contribution is 9.10. The van der Waals surface area contributed by atoms with E-state index in [1.165, 1.54) is 38.2 Å². The third-order valence-electron chi connectivity index (χ3n) is 6.53. The van der Waals surface area contributed by atoms with E-state index in [0.29, 0.717) is 0 Å². The first kappa shape index (κ1) is 20.2. The lowest BCUT2D eigenvalue weighted by Crippen LogP contribution is -2.19. The number of hydrogen-bond acceptors (Lipinski definition) is 2. The molecule has 1 aliphatic rings. The van der Waals surface area contributed by atoms with Gasteiger partial charge < -0.3 is 0 Å². The summed E-state index contributed by atoms with van der Waals surface area (Å²) in [5.41, 5.74) is 6.02. The molecule has 5 aromatic carbocycles. The minimum absolute atomic E-state index is 0.110. The lowest BCUT2D eigenvalue weighted by atomic mass is 9.89. The van der Waals surface area contributed by atoms with Crippen molar-refractivity contribution in [3.63, 3.8) is 0 Å². The van der Waals surface area contributed by atoms with Crippen molar-refractivity contribution in [2.75, 3.05) is 5.01 Å². The molecule has 0 saturated carbocycles. The molecule has 1 heterocycles. The van der Waals surface area contributed by atoms with E-state index in [9.17, 15) is 0 Å². The first-order valence-electron chi connectivity index (χ1n) is 11.3. The Morgan fingerprint density at radius 1 is 0.758 bits per heavy atom. The second-order valence-corrected chi connectivity index (χ2v) is 9.60. The van der Waals surface area contributed by atoms with Crippen molar-refractivity contribution in [3.8, 4) is 0 Å². The van der Waals surface area contributed by atoms with Crippen LogP contribution in [0.1, 0.15) is 29.2 Å². The fraction of sp³-hybridized carbons (Fsp3) is 0.100. The van der Waals surface area contributed by atoms with Gasteiger partial charge in [0.2, 0.25) is 0 Å². The largest absolute Gasteiger partial charge is 0.257 e. The second-order valence-electron chi connectivity index (χ2n) is 8.69. The van der Waals surface area contributed by atoms with E-state index in [2.05, 4.69) is 131 Å². The van der Waals surface area contributed by atoms with Crippen molar-refractivity contribution < 1.29 is 0 Å². The van der Waals surface area contributed by atoms with E-state index in [4.69, 9.17) is 5.10 Å². The van der Waals surface area contributed by atoms with Crippen LogP contribution in [0.5, 0.6) is 0 Å². The Morgan fingerprint density at radius 2 is 1.36 bits per heavy atom. The van der Waals surface area contributed by atoms with E-state index in [0.717, 1.165) is 22.3 Å². The van der Waals surface area contributed by atoms with Crippen molar-refractivity contribution in [3.05, 3.63) is 124 Å². The van der Waals surface area contributed by atoms with Crippen LogP contribution in [0.15, 0.2) is 113 Å². The maximum Gasteiger partial charge on any atom is 0.0843 e. The topological polar surface area (TPSA) is 15.6 Å². The number of aryl methyl sites for hydroxylation is 1. The molecule has 1 atom stereocenters. The Labute approximate surface area is 202 Å². The van der Waals surface area contributed by atoms with Gasteiger partial charge in [-0.2, -0.15) is 5.10 Å². The van der Waals surface area contributed by atoms with Gasteiger partial charge in [0.25, 0.3) is 0 Å². The van der Waals surface area contributed by atoms with Crippen molar-refractivity contribution >= 4 is 48.9 Å². The van der Waals surface area contributed by atoms with Crippen LogP contribution in [0.4, 0.5) is 5.69 Å². The second kappa shape index (κ2) is 8.17. The molecular weight excluding hydrogens is 468 g/mol. The predicted molar refractivity (Wildman–Crippen MR) is 143 cm³/mol. The number of halogens is 1. The van der Waals surface area contributed by atoms with Crippen LogP contribution in [0.25, 0.3) is 21.5 Å². The number of hydrazone groups is 1. The number of fused-ring (bicyclic) bond motifs is 2. The molecular formula is C30H23BrN2. The number of rotatable bonds is 3. The molecule has 0 aromatic heterocycles. The zero-order chi connectivity index (χ0) is 22.4. The number of benzene rings is 5. The molecule has 0 N–H and O–H groups in total. The summed E-state index contributed by atoms with van der Waals surface area (Å²) in [4.78, 5) is 0. The highest BCUT2D eigenvalue weighted by Crippen LogP contribution is 2.43. The Balaban J connectivity index is 1.58. The van der Waals surface area contributed by atoms with Gasteiger partial charge in [-0.05, 0) is 69.9 Å². The van der Waals surface area contributed by atoms with Gasteiger partial charge in [-0.15, -0.1) is 0 Å². The molecule has 5 aromatic rings. The fourth-order valence-electron chi connectivity index (χ4n) is 4.90. The molecule has 0 bridgehead atoms. The minimum Gasteiger partial charge on any atom is -0.257 e. The standard InChI is InChI=1S/C30H23BrN2/c1-20-10-12-21(13-11-20)28-19-29(33(32-28)25-16-14-24(31)15-17-25)30-26-8-4-2-6-22(26)18-23-7-3-5-9-27(23)30/h2-18,29H,19H2,1H3. The molecule has 0 saturated heterocycles. The van der Waals surface area contributed by atoms with Crippen LogP contribution >= 0.6 is 15.9 Å². The molecule has 0 aliphatic carbocycles. The Hall–Kier alpha value is -3.43. The Kier molecular flexibility index (Phi) is 5.00. The van der Waals surface area contributed by atoms with Gasteiger partial charge in [-0.1, -0.05) is 94.3 Å². The lowest BCUT2D eigenvalue weighted by molar-refractivity contribution is 0.719. The zero-order valence-electron chi connectivity index (χ0n) is 18.4. The van der Waals surface area contributed by atoms with Crippen LogP contribution in [0.2, 0.25) is 0 Å². The minimum atomic E-state index is 0.110. The summed E-state index contributed by atoms with van der Waals surface area (Å²) in [6.45, 7) is 2.12. The molecule has 1 unspecified atom stereocenters. The highest BCUT2D eigenvalue weighted by Gasteiger charge is 2.32. The molecule has 33 heavy (non-hydrogen) atoms. The summed E-state index contributed by atoms with van der Waals surface area (Å²) in [6, 6.07) is 37.1. The van der Waals surface area contributed by atoms with Crippen molar-refractivity contribution in [2.45, 2.75) is 19.4 Å². The summed E-state index contributed by atoms with van der Waals surface area (Å²) in [6.07, 6.45) is 0.858. The first-order chi connectivity index (χ1) is 16.2. The van der Waals surface area contributed by atoms with Gasteiger partial charge in [-0.3, -0.25) is 5.01 Å². The van der Waals surface area contributed by atoms with E-state index in [1.807, 2.05) is 0 Å². The SMILES string of the molecule is Cc1ccc(C2=NN(c3ccc(Br)cc3)C(c3c4ccccc4cc4ccccc34)C2)cc1. The quantitative estimate of drug-likeness (QED) is 0.231. The maximum atomic E-state index is 5.19. The van der Waals surface area contributed by atoms with Crippen molar-refractivity contribution in [1.29, 1.82) is 0 Å². The fourth-order valence-corrected chi connectivity index (χ4v) is 5.16. The van der Waals surface area contributed by atoms with Gasteiger partial charge in [0.15, 0.2) is 0 Å². The summed E-state index contributed by atoms with van der Waals surface area (Å²) in [5, 5.41) is 12.5. The molecule has 0 radical (unpaired) electrons. The third kappa shape index (κ3) is 3.63. The molecule has 160 valence electrons. The van der Waals surface area contributed by atoms with Crippen LogP contribution in [-0.2, 0) is 0 Å². The molecule has 0 amide bonds. The highest BCUT2D eigenvalue weighted by atomic mass is 79.9. The summed E-state index contributed by atoms with van der Waals surface area (Å²) < 4.78 is 1.07. The average molecular weight is 491 g/mol. The number of anilines is 1. The zero-order valence-corrected chi connectivity index (χ0v) is 20.0. The van der Waals surface area contributed by atoms with Crippen molar-refractivity contribution in [2.24, 2.45) is 5.10 Å². The Bertz CT molecular complexity index is 1450. The van der Waals surface area contributed by atoms with E-state index < -0.39 is 0 Å². The van der Waals surface area contributed by atoms with Crippen LogP contribution in [0.3, 0.4) is 0 Å². The summed E-state index contributed by atoms with van der Waals surface area (Å²) in [7, 11) is 0. The number of nitrogens with zero attached hydrogens (tertiary/aromatic N) is 2. The van der Waals surface area contributed by atoms with Gasteiger partial charge in [0.1, 0.15) is 0 Å². The van der Waals surface area contributed by atoms with Gasteiger partial charge >= 0.3 is 0 Å². The lowest BCUT2D eigenvalue weighted by Gasteiger charge is -2.26. The molecule has 0 spiro atoms. The van der Waals surface area contributed by atoms with Crippen LogP contribution in [0, 0.1) is 6.92 Å². The third-order valence-corrected chi connectivity index (χ3v) is 7.06. The smallest absolute Gasteiger partial charge is 0.0843 e. The predicted octanol–water partition coefficient (Wildman–Crippen LogP) is 8.42. The van der Waals surface area contributed by atoms with Crippen LogP contribution < -0.4 is 5.01 Å². The van der Waals surface area contributed by atoms with Gasteiger partial charge in [-0.25, -0.2) is 0 Å².